The molecular formula is C40H56N6O6. The molecule has 0 radical (unpaired) electrons. The van der Waals surface area contributed by atoms with E-state index in [4.69, 9.17) is 10.5 Å². The van der Waals surface area contributed by atoms with Crippen LogP contribution in [0.1, 0.15) is 83.9 Å². The number of aliphatic hydroxyl groups excluding tert-OH is 1. The Balaban J connectivity index is 1.84. The second kappa shape index (κ2) is 18.3. The van der Waals surface area contributed by atoms with Gasteiger partial charge in [0.15, 0.2) is 0 Å². The number of imidazole rings is 1. The lowest BCUT2D eigenvalue weighted by molar-refractivity contribution is -0.166. The number of carbonyl (C=O) groups is 4. The molecule has 0 saturated heterocycles. The molecule has 1 fully saturated rings. The maximum absolute atomic E-state index is 15.3. The van der Waals surface area contributed by atoms with Crippen LogP contribution in [0.5, 0.6) is 0 Å². The summed E-state index contributed by atoms with van der Waals surface area (Å²) in [5.74, 6) is -3.13. The molecule has 1 saturated carbocycles. The highest BCUT2D eigenvalue weighted by Gasteiger charge is 2.57. The summed E-state index contributed by atoms with van der Waals surface area (Å²) in [7, 11) is 1.56. The minimum Gasteiger partial charge on any atom is -0.458 e. The minimum absolute atomic E-state index is 0.0490. The highest BCUT2D eigenvalue weighted by Crippen LogP contribution is 2.34. The highest BCUT2D eigenvalue weighted by molar-refractivity contribution is 6.18. The summed E-state index contributed by atoms with van der Waals surface area (Å²) in [5, 5.41) is 17.8. The molecule has 3 aromatic rings. The number of para-hydroxylation sites is 1. The number of esters is 1. The first-order valence-corrected chi connectivity index (χ1v) is 18.3. The number of hydrogen-bond acceptors (Lipinski definition) is 8. The number of rotatable bonds is 16. The molecule has 12 nitrogen and oxygen atoms in total. The standard InChI is InChI=1S/C40H56N6O6/c1-27(41)36(49)46(32-19-13-8-14-20-32)40(24-31-25-43-26-44-31,38(51)52-39(2,3)4)37(50)45-33(22-29-17-11-7-12-18-29)34(47)23-30(35(48)42-5)21-28-15-9-6-10-16-28/h6,8-10,13-16,19-20,25-27,29-30,33-34,47H,7,11-12,17-18,21-24,41H2,1-5H3,(H,42,48)(H,43,44)(H,45,50)/t27-,30+,33-,34-,40-/m0/s1. The van der Waals surface area contributed by atoms with Gasteiger partial charge in [0.2, 0.25) is 17.4 Å². The molecule has 5 atom stereocenters. The van der Waals surface area contributed by atoms with Crippen LogP contribution in [0, 0.1) is 11.8 Å². The van der Waals surface area contributed by atoms with Crippen LogP contribution in [0.25, 0.3) is 0 Å². The third-order valence-electron chi connectivity index (χ3n) is 9.68. The van der Waals surface area contributed by atoms with Crippen LogP contribution in [-0.2, 0) is 36.8 Å². The Morgan fingerprint density at radius 2 is 1.65 bits per heavy atom. The van der Waals surface area contributed by atoms with Crippen molar-refractivity contribution in [1.82, 2.24) is 20.6 Å². The van der Waals surface area contributed by atoms with E-state index in [0.717, 1.165) is 42.6 Å². The van der Waals surface area contributed by atoms with Crippen molar-refractivity contribution in [3.63, 3.8) is 0 Å². The van der Waals surface area contributed by atoms with Gasteiger partial charge in [0.25, 0.3) is 5.91 Å². The molecule has 6 N–H and O–H groups in total. The van der Waals surface area contributed by atoms with Gasteiger partial charge in [-0.1, -0.05) is 80.6 Å². The van der Waals surface area contributed by atoms with E-state index in [1.165, 1.54) is 19.4 Å². The summed E-state index contributed by atoms with van der Waals surface area (Å²) in [5.41, 5.74) is 4.45. The van der Waals surface area contributed by atoms with Crippen molar-refractivity contribution >= 4 is 29.4 Å². The fourth-order valence-corrected chi connectivity index (χ4v) is 7.08. The van der Waals surface area contributed by atoms with Gasteiger partial charge in [0.05, 0.1) is 24.5 Å². The number of aliphatic hydroxyl groups is 1. The van der Waals surface area contributed by atoms with Gasteiger partial charge in [0, 0.05) is 37.0 Å². The number of H-pyrrole nitrogens is 1. The van der Waals surface area contributed by atoms with Crippen molar-refractivity contribution in [3.8, 4) is 0 Å². The molecule has 1 heterocycles. The maximum Gasteiger partial charge on any atom is 0.343 e. The lowest BCUT2D eigenvalue weighted by Gasteiger charge is -2.43. The van der Waals surface area contributed by atoms with Crippen LogP contribution in [0.4, 0.5) is 5.69 Å². The van der Waals surface area contributed by atoms with Crippen LogP contribution < -0.4 is 21.3 Å². The number of benzene rings is 2. The summed E-state index contributed by atoms with van der Waals surface area (Å²) >= 11 is 0. The molecule has 12 heteroatoms. The Bertz CT molecular complexity index is 1590. The van der Waals surface area contributed by atoms with E-state index < -0.39 is 53.0 Å². The van der Waals surface area contributed by atoms with Crippen LogP contribution in [0.2, 0.25) is 0 Å². The molecular weight excluding hydrogens is 660 g/mol. The van der Waals surface area contributed by atoms with Gasteiger partial charge >= 0.3 is 5.97 Å². The minimum atomic E-state index is -2.33. The summed E-state index contributed by atoms with van der Waals surface area (Å²) in [4.78, 5) is 65.8. The first-order chi connectivity index (χ1) is 24.7. The Morgan fingerprint density at radius 1 is 1.02 bits per heavy atom. The van der Waals surface area contributed by atoms with Gasteiger partial charge < -0.3 is 31.2 Å². The zero-order valence-corrected chi connectivity index (χ0v) is 31.1. The van der Waals surface area contributed by atoms with E-state index >= 15 is 4.79 Å². The van der Waals surface area contributed by atoms with Crippen molar-refractivity contribution in [1.29, 1.82) is 0 Å². The van der Waals surface area contributed by atoms with E-state index in [1.54, 1.807) is 58.2 Å². The second-order valence-corrected chi connectivity index (χ2v) is 15.0. The summed E-state index contributed by atoms with van der Waals surface area (Å²) in [6.45, 7) is 6.55. The van der Waals surface area contributed by atoms with Crippen molar-refractivity contribution in [3.05, 3.63) is 84.4 Å². The smallest absolute Gasteiger partial charge is 0.343 e. The average Bonchev–Trinajstić information content (AvgIpc) is 3.63. The molecule has 1 aliphatic carbocycles. The number of aromatic nitrogens is 2. The third kappa shape index (κ3) is 10.5. The first-order valence-electron chi connectivity index (χ1n) is 18.3. The fourth-order valence-electron chi connectivity index (χ4n) is 7.08. The second-order valence-electron chi connectivity index (χ2n) is 15.0. The SMILES string of the molecule is CNC(=O)[C@H](Cc1ccccc1)C[C@H](O)[C@H](CC1CCCCC1)NC(=O)[C@@](Cc1cnc[nH]1)(C(=O)OC(C)(C)C)N(C(=O)[C@H](C)N)c1ccccc1. The number of nitrogens with one attached hydrogen (secondary N) is 3. The number of anilines is 1. The van der Waals surface area contributed by atoms with Crippen LogP contribution in [0.3, 0.4) is 0 Å². The van der Waals surface area contributed by atoms with Gasteiger partial charge in [-0.05, 0) is 70.6 Å². The Morgan fingerprint density at radius 3 is 2.21 bits per heavy atom. The molecule has 1 aliphatic rings. The number of nitrogens with zero attached hydrogens (tertiary/aromatic N) is 2. The summed E-state index contributed by atoms with van der Waals surface area (Å²) in [6.07, 6.45) is 7.28. The van der Waals surface area contributed by atoms with Gasteiger partial charge in [-0.25, -0.2) is 9.78 Å². The molecule has 1 aromatic heterocycles. The Kier molecular flexibility index (Phi) is 14.1. The quantitative estimate of drug-likeness (QED) is 0.108. The summed E-state index contributed by atoms with van der Waals surface area (Å²) < 4.78 is 5.99. The third-order valence-corrected chi connectivity index (χ3v) is 9.68. The number of hydrogen-bond donors (Lipinski definition) is 5. The van der Waals surface area contributed by atoms with Crippen molar-refractivity contribution in [2.45, 2.75) is 115 Å². The van der Waals surface area contributed by atoms with Crippen molar-refractivity contribution in [2.24, 2.45) is 17.6 Å². The highest BCUT2D eigenvalue weighted by atomic mass is 16.6. The molecule has 0 bridgehead atoms. The first kappa shape index (κ1) is 40.2. The molecule has 4 rings (SSSR count). The number of ether oxygens (including phenoxy) is 1. The lowest BCUT2D eigenvalue weighted by Crippen LogP contribution is -2.71. The lowest BCUT2D eigenvalue weighted by atomic mass is 9.81. The Labute approximate surface area is 307 Å². The van der Waals surface area contributed by atoms with Crippen LogP contribution in [-0.4, -0.2) is 75.1 Å². The van der Waals surface area contributed by atoms with Crippen LogP contribution >= 0.6 is 0 Å². The van der Waals surface area contributed by atoms with Crippen molar-refractivity contribution in [2.75, 3.05) is 11.9 Å². The number of amides is 3. The maximum atomic E-state index is 15.3. The van der Waals surface area contributed by atoms with Gasteiger partial charge in [-0.2, -0.15) is 0 Å². The zero-order valence-electron chi connectivity index (χ0n) is 31.1. The van der Waals surface area contributed by atoms with Gasteiger partial charge in [0.1, 0.15) is 5.60 Å². The topological polar surface area (TPSA) is 180 Å². The predicted octanol–water partition coefficient (Wildman–Crippen LogP) is 4.22. The normalized spacial score (nSPS) is 17.1. The van der Waals surface area contributed by atoms with E-state index in [0.29, 0.717) is 18.5 Å². The summed E-state index contributed by atoms with van der Waals surface area (Å²) in [6, 6.07) is 16.0. The number of nitrogens with two attached hydrogens (primary N) is 1. The molecule has 3 amide bonds. The average molecular weight is 717 g/mol. The van der Waals surface area contributed by atoms with Gasteiger partial charge in [-0.3, -0.25) is 19.3 Å². The van der Waals surface area contributed by atoms with Crippen LogP contribution in [0.15, 0.2) is 73.2 Å². The largest absolute Gasteiger partial charge is 0.458 e. The fraction of sp³-hybridized carbons (Fsp3) is 0.525. The van der Waals surface area contributed by atoms with E-state index in [9.17, 15) is 19.5 Å². The van der Waals surface area contributed by atoms with Gasteiger partial charge in [-0.15, -0.1) is 0 Å². The predicted molar refractivity (Wildman–Crippen MR) is 200 cm³/mol. The monoisotopic (exact) mass is 716 g/mol. The molecule has 0 aliphatic heterocycles. The van der Waals surface area contributed by atoms with E-state index in [2.05, 4.69) is 20.6 Å². The molecule has 0 unspecified atom stereocenters. The zero-order chi connectivity index (χ0) is 37.9. The molecule has 52 heavy (non-hydrogen) atoms. The molecule has 282 valence electrons. The number of carbonyl (C=O) groups excluding carboxylic acids is 4. The van der Waals surface area contributed by atoms with E-state index in [1.807, 2.05) is 30.3 Å². The molecule has 0 spiro atoms. The Hall–Kier alpha value is -4.55. The van der Waals surface area contributed by atoms with E-state index in [-0.39, 0.29) is 30.4 Å². The molecule has 2 aromatic carbocycles. The van der Waals surface area contributed by atoms with Crippen molar-refractivity contribution < 1.29 is 29.0 Å². The number of aromatic amines is 1.